The highest BCUT2D eigenvalue weighted by molar-refractivity contribution is 6.05. The summed E-state index contributed by atoms with van der Waals surface area (Å²) in [4.78, 5) is 23.8. The van der Waals surface area contributed by atoms with Gasteiger partial charge >= 0.3 is 5.97 Å². The Morgan fingerprint density at radius 2 is 2.10 bits per heavy atom. The van der Waals surface area contributed by atoms with Gasteiger partial charge in [-0.25, -0.2) is 4.39 Å². The molecule has 0 aliphatic heterocycles. The number of ether oxygens (including phenoxy) is 1. The van der Waals surface area contributed by atoms with Crippen LogP contribution < -0.4 is 5.32 Å². The number of aromatic nitrogens is 2. The number of esters is 1. The minimum atomic E-state index is -0.994. The number of halogens is 1. The number of nitrogens with one attached hydrogen (secondary N) is 2. The van der Waals surface area contributed by atoms with Crippen LogP contribution in [0.4, 0.5) is 10.1 Å². The largest absolute Gasteiger partial charge is 0.468 e. The monoisotopic (exact) mass is 293 g/mol. The van der Waals surface area contributed by atoms with Gasteiger partial charge in [0.1, 0.15) is 11.4 Å². The van der Waals surface area contributed by atoms with Crippen molar-refractivity contribution < 1.29 is 18.7 Å². The number of amides is 1. The Hall–Kier alpha value is -2.44. The molecule has 0 spiro atoms. The number of carbonyl (C=O) groups is 2. The fourth-order valence-electron chi connectivity index (χ4n) is 2.09. The van der Waals surface area contributed by atoms with E-state index < -0.39 is 23.6 Å². The van der Waals surface area contributed by atoms with Crippen molar-refractivity contribution in [2.24, 2.45) is 11.8 Å². The van der Waals surface area contributed by atoms with Crippen LogP contribution in [0.1, 0.15) is 13.8 Å². The average Bonchev–Trinajstić information content (AvgIpc) is 2.90. The minimum absolute atomic E-state index is 0.00805. The second-order valence-electron chi connectivity index (χ2n) is 5.00. The highest BCUT2D eigenvalue weighted by Crippen LogP contribution is 2.24. The number of methoxy groups -OCH3 is 1. The molecule has 0 aliphatic carbocycles. The van der Waals surface area contributed by atoms with Gasteiger partial charge in [-0.3, -0.25) is 14.7 Å². The lowest BCUT2D eigenvalue weighted by molar-refractivity contribution is -0.150. The van der Waals surface area contributed by atoms with Crippen LogP contribution in [0.5, 0.6) is 0 Å². The fourth-order valence-corrected chi connectivity index (χ4v) is 2.09. The van der Waals surface area contributed by atoms with Crippen molar-refractivity contribution >= 4 is 28.5 Å². The Kier molecular flexibility index (Phi) is 4.21. The third-order valence-electron chi connectivity index (χ3n) is 3.22. The van der Waals surface area contributed by atoms with E-state index in [4.69, 9.17) is 0 Å². The van der Waals surface area contributed by atoms with Crippen molar-refractivity contribution in [3.63, 3.8) is 0 Å². The summed E-state index contributed by atoms with van der Waals surface area (Å²) in [6, 6.07) is 3.06. The van der Waals surface area contributed by atoms with Crippen LogP contribution in [0.25, 0.3) is 10.9 Å². The number of rotatable bonds is 4. The first kappa shape index (κ1) is 15.0. The molecule has 21 heavy (non-hydrogen) atoms. The Balaban J connectivity index is 2.28. The number of fused-ring (bicyclic) bond motifs is 1. The molecule has 1 aromatic carbocycles. The molecule has 0 saturated heterocycles. The minimum Gasteiger partial charge on any atom is -0.468 e. The Morgan fingerprint density at radius 3 is 2.71 bits per heavy atom. The molecule has 7 heteroatoms. The Morgan fingerprint density at radius 1 is 1.38 bits per heavy atom. The van der Waals surface area contributed by atoms with Gasteiger partial charge in [-0.2, -0.15) is 5.10 Å². The van der Waals surface area contributed by atoms with Crippen LogP contribution in [-0.2, 0) is 14.3 Å². The fraction of sp³-hybridized carbons (Fsp3) is 0.357. The quantitative estimate of drug-likeness (QED) is 0.667. The van der Waals surface area contributed by atoms with Gasteiger partial charge in [-0.1, -0.05) is 13.8 Å². The normalized spacial score (nSPS) is 12.4. The van der Waals surface area contributed by atoms with Gasteiger partial charge in [0.2, 0.25) is 5.91 Å². The van der Waals surface area contributed by atoms with Crippen LogP contribution in [0.2, 0.25) is 0 Å². The average molecular weight is 293 g/mol. The maximum atomic E-state index is 14.2. The van der Waals surface area contributed by atoms with E-state index in [1.807, 2.05) is 0 Å². The number of benzene rings is 1. The van der Waals surface area contributed by atoms with E-state index in [2.05, 4.69) is 20.3 Å². The maximum absolute atomic E-state index is 14.2. The second kappa shape index (κ2) is 5.90. The van der Waals surface area contributed by atoms with Crippen molar-refractivity contribution in [3.8, 4) is 0 Å². The zero-order valence-corrected chi connectivity index (χ0v) is 11.9. The van der Waals surface area contributed by atoms with Crippen molar-refractivity contribution in [1.29, 1.82) is 0 Å². The topological polar surface area (TPSA) is 84.1 Å². The molecule has 0 bridgehead atoms. The number of carbonyl (C=O) groups excluding carboxylic acids is 2. The summed E-state index contributed by atoms with van der Waals surface area (Å²) in [5, 5.41) is 9.28. The zero-order chi connectivity index (χ0) is 15.6. The van der Waals surface area contributed by atoms with Crippen LogP contribution in [0, 0.1) is 17.7 Å². The first-order chi connectivity index (χ1) is 9.95. The molecule has 1 amide bonds. The molecule has 1 heterocycles. The maximum Gasteiger partial charge on any atom is 0.318 e. The number of nitrogens with zero attached hydrogens (tertiary/aromatic N) is 1. The molecule has 112 valence electrons. The molecule has 6 nitrogen and oxygen atoms in total. The van der Waals surface area contributed by atoms with Gasteiger partial charge in [0.25, 0.3) is 0 Å². The van der Waals surface area contributed by atoms with E-state index in [1.54, 1.807) is 19.9 Å². The van der Waals surface area contributed by atoms with Crippen LogP contribution >= 0.6 is 0 Å². The molecule has 2 N–H and O–H groups in total. The van der Waals surface area contributed by atoms with E-state index in [0.717, 1.165) is 0 Å². The molecule has 2 aromatic rings. The summed E-state index contributed by atoms with van der Waals surface area (Å²) >= 11 is 0. The smallest absolute Gasteiger partial charge is 0.318 e. The van der Waals surface area contributed by atoms with Crippen LogP contribution in [0.15, 0.2) is 18.3 Å². The Labute approximate surface area is 120 Å². The van der Waals surface area contributed by atoms with Crippen LogP contribution in [0.3, 0.4) is 0 Å². The third-order valence-corrected chi connectivity index (χ3v) is 3.22. The lowest BCUT2D eigenvalue weighted by Crippen LogP contribution is -2.34. The third kappa shape index (κ3) is 2.86. The van der Waals surface area contributed by atoms with Gasteiger partial charge in [-0.05, 0) is 18.1 Å². The summed E-state index contributed by atoms with van der Waals surface area (Å²) in [5.74, 6) is -3.13. The van der Waals surface area contributed by atoms with Crippen molar-refractivity contribution in [2.75, 3.05) is 12.4 Å². The Bertz CT molecular complexity index is 681. The lowest BCUT2D eigenvalue weighted by atomic mass is 9.95. The van der Waals surface area contributed by atoms with Gasteiger partial charge in [0.05, 0.1) is 19.0 Å². The number of H-pyrrole nitrogens is 1. The van der Waals surface area contributed by atoms with Gasteiger partial charge < -0.3 is 10.1 Å². The highest BCUT2D eigenvalue weighted by atomic mass is 19.1. The second-order valence-corrected chi connectivity index (χ2v) is 5.00. The number of hydrogen-bond acceptors (Lipinski definition) is 4. The van der Waals surface area contributed by atoms with E-state index in [1.165, 1.54) is 19.4 Å². The molecule has 0 fully saturated rings. The first-order valence-electron chi connectivity index (χ1n) is 6.46. The summed E-state index contributed by atoms with van der Waals surface area (Å²) in [5.41, 5.74) is 0.193. The summed E-state index contributed by atoms with van der Waals surface area (Å²) < 4.78 is 18.8. The van der Waals surface area contributed by atoms with Crippen molar-refractivity contribution in [1.82, 2.24) is 10.2 Å². The molecule has 1 unspecified atom stereocenters. The standard InChI is InChI=1S/C14H16FN3O3/c1-7(2)10(14(20)21-3)13(19)17-9-5-4-8-6-16-18-12(8)11(9)15/h4-7,10H,1-3H3,(H,16,18)(H,17,19). The predicted molar refractivity (Wildman–Crippen MR) is 75.0 cm³/mol. The highest BCUT2D eigenvalue weighted by Gasteiger charge is 2.31. The van der Waals surface area contributed by atoms with Gasteiger partial charge in [-0.15, -0.1) is 0 Å². The van der Waals surface area contributed by atoms with Crippen molar-refractivity contribution in [2.45, 2.75) is 13.8 Å². The summed E-state index contributed by atoms with van der Waals surface area (Å²) in [6.45, 7) is 3.44. The van der Waals surface area contributed by atoms with E-state index >= 15 is 0 Å². The van der Waals surface area contributed by atoms with E-state index in [-0.39, 0.29) is 17.1 Å². The van der Waals surface area contributed by atoms with E-state index in [9.17, 15) is 14.0 Å². The SMILES string of the molecule is COC(=O)C(C(=O)Nc1ccc2cn[nH]c2c1F)C(C)C. The van der Waals surface area contributed by atoms with Gasteiger partial charge in [0.15, 0.2) is 5.82 Å². The van der Waals surface area contributed by atoms with E-state index in [0.29, 0.717) is 5.39 Å². The van der Waals surface area contributed by atoms with Crippen molar-refractivity contribution in [3.05, 3.63) is 24.1 Å². The number of aromatic amines is 1. The molecular weight excluding hydrogens is 277 g/mol. The lowest BCUT2D eigenvalue weighted by Gasteiger charge is -2.18. The summed E-state index contributed by atoms with van der Waals surface area (Å²) in [6.07, 6.45) is 1.48. The molecule has 2 rings (SSSR count). The van der Waals surface area contributed by atoms with Crippen LogP contribution in [-0.4, -0.2) is 29.2 Å². The van der Waals surface area contributed by atoms with Gasteiger partial charge in [0, 0.05) is 5.39 Å². The molecule has 1 atom stereocenters. The summed E-state index contributed by atoms with van der Waals surface area (Å²) in [7, 11) is 1.21. The molecule has 0 aliphatic rings. The number of hydrogen-bond donors (Lipinski definition) is 2. The first-order valence-corrected chi connectivity index (χ1v) is 6.46. The molecule has 0 radical (unpaired) electrons. The predicted octanol–water partition coefficient (Wildman–Crippen LogP) is 2.09. The molecular formula is C14H16FN3O3. The zero-order valence-electron chi connectivity index (χ0n) is 11.9. The molecule has 0 saturated carbocycles. The number of anilines is 1. The molecule has 1 aromatic heterocycles.